The number of ether oxygens (including phenoxy) is 1. The van der Waals surface area contributed by atoms with Crippen LogP contribution in [0.5, 0.6) is 0 Å². The van der Waals surface area contributed by atoms with Gasteiger partial charge < -0.3 is 4.74 Å². The maximum Gasteiger partial charge on any atom is 0.416 e. The summed E-state index contributed by atoms with van der Waals surface area (Å²) in [6, 6.07) is 15.7. The molecule has 0 radical (unpaired) electrons. The summed E-state index contributed by atoms with van der Waals surface area (Å²) in [7, 11) is 1.66. The molecule has 0 aliphatic carbocycles. The van der Waals surface area contributed by atoms with Gasteiger partial charge in [-0.3, -0.25) is 4.90 Å². The summed E-state index contributed by atoms with van der Waals surface area (Å²) < 4.78 is 43.2. The summed E-state index contributed by atoms with van der Waals surface area (Å²) in [6.07, 6.45) is -4.29. The smallest absolute Gasteiger partial charge is 0.383 e. The minimum atomic E-state index is -4.29. The highest BCUT2D eigenvalue weighted by molar-refractivity contribution is 5.31. The van der Waals surface area contributed by atoms with Crippen molar-refractivity contribution >= 4 is 0 Å². The van der Waals surface area contributed by atoms with Crippen LogP contribution >= 0.6 is 0 Å². The highest BCUT2D eigenvalue weighted by Gasteiger charge is 2.41. The van der Waals surface area contributed by atoms with Gasteiger partial charge in [-0.2, -0.15) is 13.2 Å². The number of alkyl halides is 3. The topological polar surface area (TPSA) is 12.2 Å². The molecule has 0 saturated carbocycles. The number of rotatable bonds is 5. The first-order valence-corrected chi connectivity index (χ1v) is 7.47. The molecule has 3 atom stereocenters. The zero-order valence-electron chi connectivity index (χ0n) is 12.8. The standard InChI is InChI=1S/C18H18F3NO/c1-23-12-17(13-5-3-2-4-6-13)22-11-16(22)14-7-9-15(10-8-14)18(19,20)21/h2-10,16-17H,11-12H2,1H3/t16-,17+,22?/m1/s1. The summed E-state index contributed by atoms with van der Waals surface area (Å²) in [5.74, 6) is 0. The summed E-state index contributed by atoms with van der Waals surface area (Å²) in [5, 5.41) is 0. The van der Waals surface area contributed by atoms with E-state index in [1.54, 1.807) is 19.2 Å². The minimum Gasteiger partial charge on any atom is -0.383 e. The summed E-state index contributed by atoms with van der Waals surface area (Å²) >= 11 is 0. The van der Waals surface area contributed by atoms with E-state index >= 15 is 0 Å². The van der Waals surface area contributed by atoms with Gasteiger partial charge in [0.2, 0.25) is 0 Å². The van der Waals surface area contributed by atoms with Gasteiger partial charge in [0.05, 0.1) is 18.2 Å². The van der Waals surface area contributed by atoms with E-state index in [9.17, 15) is 13.2 Å². The predicted octanol–water partition coefficient (Wildman–Crippen LogP) is 4.45. The monoisotopic (exact) mass is 321 g/mol. The van der Waals surface area contributed by atoms with Gasteiger partial charge in [0.25, 0.3) is 0 Å². The highest BCUT2D eigenvalue weighted by Crippen LogP contribution is 2.43. The Morgan fingerprint density at radius 3 is 2.30 bits per heavy atom. The molecular formula is C18H18F3NO. The Balaban J connectivity index is 1.74. The molecule has 1 aliphatic heterocycles. The molecule has 1 aliphatic rings. The Labute approximate surface area is 133 Å². The van der Waals surface area contributed by atoms with E-state index < -0.39 is 11.7 Å². The first kappa shape index (κ1) is 16.0. The summed E-state index contributed by atoms with van der Waals surface area (Å²) in [5.41, 5.74) is 1.46. The number of hydrogen-bond acceptors (Lipinski definition) is 2. The molecular weight excluding hydrogens is 303 g/mol. The lowest BCUT2D eigenvalue weighted by molar-refractivity contribution is -0.137. The van der Waals surface area contributed by atoms with Crippen molar-refractivity contribution in [3.8, 4) is 0 Å². The second-order valence-corrected chi connectivity index (χ2v) is 5.71. The van der Waals surface area contributed by atoms with Crippen LogP contribution in [0, 0.1) is 0 Å². The lowest BCUT2D eigenvalue weighted by Gasteiger charge is -2.19. The number of halogens is 3. The molecule has 1 fully saturated rings. The fourth-order valence-electron chi connectivity index (χ4n) is 2.90. The summed E-state index contributed by atoms with van der Waals surface area (Å²) in [6.45, 7) is 1.38. The van der Waals surface area contributed by atoms with Crippen LogP contribution < -0.4 is 0 Å². The van der Waals surface area contributed by atoms with E-state index in [-0.39, 0.29) is 12.1 Å². The van der Waals surface area contributed by atoms with Gasteiger partial charge in [-0.25, -0.2) is 0 Å². The molecule has 0 N–H and O–H groups in total. The van der Waals surface area contributed by atoms with Gasteiger partial charge in [-0.1, -0.05) is 42.5 Å². The molecule has 2 aromatic carbocycles. The van der Waals surface area contributed by atoms with E-state index in [2.05, 4.69) is 4.90 Å². The molecule has 1 unspecified atom stereocenters. The number of nitrogens with zero attached hydrogens (tertiary/aromatic N) is 1. The van der Waals surface area contributed by atoms with E-state index in [1.807, 2.05) is 30.3 Å². The highest BCUT2D eigenvalue weighted by atomic mass is 19.4. The number of benzene rings is 2. The molecule has 2 aromatic rings. The zero-order chi connectivity index (χ0) is 16.4. The molecule has 0 aromatic heterocycles. The van der Waals surface area contributed by atoms with Gasteiger partial charge in [-0.05, 0) is 23.3 Å². The van der Waals surface area contributed by atoms with E-state index in [0.717, 1.165) is 29.8 Å². The minimum absolute atomic E-state index is 0.119. The van der Waals surface area contributed by atoms with Crippen molar-refractivity contribution < 1.29 is 17.9 Å². The maximum atomic E-state index is 12.6. The zero-order valence-corrected chi connectivity index (χ0v) is 12.8. The lowest BCUT2D eigenvalue weighted by atomic mass is 10.1. The largest absolute Gasteiger partial charge is 0.416 e. The van der Waals surface area contributed by atoms with Crippen LogP contribution in [0.4, 0.5) is 13.2 Å². The third kappa shape index (κ3) is 3.57. The summed E-state index contributed by atoms with van der Waals surface area (Å²) in [4.78, 5) is 2.24. The number of hydrogen-bond donors (Lipinski definition) is 0. The van der Waals surface area contributed by atoms with E-state index in [0.29, 0.717) is 6.61 Å². The van der Waals surface area contributed by atoms with Crippen LogP contribution in [0.1, 0.15) is 28.8 Å². The SMILES string of the molecule is COC[C@@H](c1ccccc1)N1C[C@@H]1c1ccc(C(F)(F)F)cc1. The van der Waals surface area contributed by atoms with Crippen molar-refractivity contribution in [2.24, 2.45) is 0 Å². The van der Waals surface area contributed by atoms with Gasteiger partial charge in [0.1, 0.15) is 0 Å². The van der Waals surface area contributed by atoms with Crippen LogP contribution in [0.2, 0.25) is 0 Å². The fourth-order valence-corrected chi connectivity index (χ4v) is 2.90. The Hall–Kier alpha value is -1.85. The first-order chi connectivity index (χ1) is 11.0. The van der Waals surface area contributed by atoms with Crippen molar-refractivity contribution in [2.75, 3.05) is 20.3 Å². The molecule has 1 saturated heterocycles. The fraction of sp³-hybridized carbons (Fsp3) is 0.333. The van der Waals surface area contributed by atoms with Crippen LogP contribution in [-0.4, -0.2) is 25.2 Å². The van der Waals surface area contributed by atoms with E-state index in [1.165, 1.54) is 0 Å². The quantitative estimate of drug-likeness (QED) is 0.754. The molecule has 23 heavy (non-hydrogen) atoms. The molecule has 3 rings (SSSR count). The van der Waals surface area contributed by atoms with Gasteiger partial charge in [0.15, 0.2) is 0 Å². The predicted molar refractivity (Wildman–Crippen MR) is 82.0 cm³/mol. The van der Waals surface area contributed by atoms with Gasteiger partial charge in [0, 0.05) is 19.7 Å². The maximum absolute atomic E-state index is 12.6. The van der Waals surface area contributed by atoms with Gasteiger partial charge >= 0.3 is 6.18 Å². The first-order valence-electron chi connectivity index (χ1n) is 7.47. The van der Waals surface area contributed by atoms with Crippen LogP contribution in [0.25, 0.3) is 0 Å². The van der Waals surface area contributed by atoms with Crippen molar-refractivity contribution in [1.82, 2.24) is 4.90 Å². The molecule has 122 valence electrons. The second kappa shape index (κ2) is 6.34. The van der Waals surface area contributed by atoms with Gasteiger partial charge in [-0.15, -0.1) is 0 Å². The lowest BCUT2D eigenvalue weighted by Crippen LogP contribution is -2.16. The molecule has 0 spiro atoms. The van der Waals surface area contributed by atoms with Crippen molar-refractivity contribution in [2.45, 2.75) is 18.3 Å². The average Bonchev–Trinajstić information content (AvgIpc) is 3.33. The van der Waals surface area contributed by atoms with Crippen LogP contribution in [-0.2, 0) is 10.9 Å². The third-order valence-corrected chi connectivity index (χ3v) is 4.18. The van der Waals surface area contributed by atoms with Crippen molar-refractivity contribution in [3.05, 3.63) is 71.3 Å². The Morgan fingerprint density at radius 2 is 1.74 bits per heavy atom. The number of methoxy groups -OCH3 is 1. The van der Waals surface area contributed by atoms with Crippen molar-refractivity contribution in [1.29, 1.82) is 0 Å². The van der Waals surface area contributed by atoms with Crippen LogP contribution in [0.3, 0.4) is 0 Å². The average molecular weight is 321 g/mol. The van der Waals surface area contributed by atoms with Crippen LogP contribution in [0.15, 0.2) is 54.6 Å². The van der Waals surface area contributed by atoms with Crippen molar-refractivity contribution in [3.63, 3.8) is 0 Å². The molecule has 0 amide bonds. The normalized spacial score (nSPS) is 21.9. The molecule has 2 nitrogen and oxygen atoms in total. The molecule has 5 heteroatoms. The molecule has 0 bridgehead atoms. The Kier molecular flexibility index (Phi) is 4.41. The Morgan fingerprint density at radius 1 is 1.09 bits per heavy atom. The Bertz CT molecular complexity index is 640. The third-order valence-electron chi connectivity index (χ3n) is 4.18. The van der Waals surface area contributed by atoms with E-state index in [4.69, 9.17) is 4.74 Å². The second-order valence-electron chi connectivity index (χ2n) is 5.71. The molecule has 1 heterocycles.